The Kier molecular flexibility index (Phi) is 3.51. The lowest BCUT2D eigenvalue weighted by Crippen LogP contribution is -2.46. The van der Waals surface area contributed by atoms with Gasteiger partial charge < -0.3 is 5.32 Å². The molecule has 1 aromatic carbocycles. The van der Waals surface area contributed by atoms with Crippen LogP contribution in [0.2, 0.25) is 0 Å². The average molecular weight is 264 g/mol. The van der Waals surface area contributed by atoms with Crippen molar-refractivity contribution < 1.29 is 4.79 Å². The number of amides is 1. The largest absolute Gasteiger partial charge is 0.348 e. The van der Waals surface area contributed by atoms with E-state index in [2.05, 4.69) is 33.8 Å². The number of hydrogen-bond acceptors (Lipinski definition) is 5. The van der Waals surface area contributed by atoms with Crippen molar-refractivity contribution in [3.05, 3.63) is 29.8 Å². The van der Waals surface area contributed by atoms with Crippen molar-refractivity contribution in [2.75, 3.05) is 12.3 Å². The quantitative estimate of drug-likeness (QED) is 0.620. The van der Waals surface area contributed by atoms with Gasteiger partial charge in [0.1, 0.15) is 6.04 Å². The zero-order valence-electron chi connectivity index (χ0n) is 9.90. The van der Waals surface area contributed by atoms with Crippen LogP contribution >= 0.6 is 11.8 Å². The molecule has 2 unspecified atom stereocenters. The molecule has 2 heterocycles. The molecule has 96 valence electrons. The van der Waals surface area contributed by atoms with E-state index in [0.717, 1.165) is 12.2 Å². The number of hydrogen-bond donors (Lipinski definition) is 4. The highest BCUT2D eigenvalue weighted by atomic mass is 32.2. The minimum atomic E-state index is -0.202. The molecule has 2 aliphatic rings. The molecule has 1 saturated heterocycles. The van der Waals surface area contributed by atoms with Gasteiger partial charge in [0.2, 0.25) is 5.91 Å². The van der Waals surface area contributed by atoms with Crippen LogP contribution in [-0.2, 0) is 4.79 Å². The maximum Gasteiger partial charge on any atom is 0.240 e. The molecule has 2 atom stereocenters. The number of fused-ring (bicyclic) bond motifs is 1. The van der Waals surface area contributed by atoms with Gasteiger partial charge in [0.15, 0.2) is 0 Å². The van der Waals surface area contributed by atoms with Gasteiger partial charge in [-0.1, -0.05) is 18.2 Å². The van der Waals surface area contributed by atoms with E-state index in [1.807, 2.05) is 23.9 Å². The fourth-order valence-electron chi connectivity index (χ4n) is 2.26. The van der Waals surface area contributed by atoms with E-state index in [0.29, 0.717) is 6.54 Å². The first-order valence-electron chi connectivity index (χ1n) is 6.10. The van der Waals surface area contributed by atoms with Crippen molar-refractivity contribution in [1.82, 2.24) is 21.7 Å². The summed E-state index contributed by atoms with van der Waals surface area (Å²) < 4.78 is 0. The van der Waals surface area contributed by atoms with Gasteiger partial charge in [-0.3, -0.25) is 4.79 Å². The molecular weight excluding hydrogens is 248 g/mol. The third kappa shape index (κ3) is 2.37. The lowest BCUT2D eigenvalue weighted by Gasteiger charge is -2.26. The average Bonchev–Trinajstić information content (AvgIpc) is 2.93. The molecule has 2 aliphatic heterocycles. The smallest absolute Gasteiger partial charge is 0.240 e. The summed E-state index contributed by atoms with van der Waals surface area (Å²) in [4.78, 5) is 13.3. The van der Waals surface area contributed by atoms with Gasteiger partial charge in [0, 0.05) is 17.2 Å². The Balaban J connectivity index is 1.72. The second-order valence-corrected chi connectivity index (χ2v) is 5.58. The number of carbonyl (C=O) groups is 1. The Hall–Kier alpha value is -1.08. The molecule has 1 fully saturated rings. The predicted molar refractivity (Wildman–Crippen MR) is 70.7 cm³/mol. The summed E-state index contributed by atoms with van der Waals surface area (Å²) in [7, 11) is 0. The van der Waals surface area contributed by atoms with Gasteiger partial charge in [0.25, 0.3) is 0 Å². The summed E-state index contributed by atoms with van der Waals surface area (Å²) in [6.07, 6.45) is 0.987. The van der Waals surface area contributed by atoms with Crippen LogP contribution in [0.5, 0.6) is 0 Å². The zero-order chi connectivity index (χ0) is 12.4. The molecule has 4 N–H and O–H groups in total. The second kappa shape index (κ2) is 5.27. The third-order valence-corrected chi connectivity index (χ3v) is 4.36. The highest BCUT2D eigenvalue weighted by Gasteiger charge is 2.27. The van der Waals surface area contributed by atoms with Crippen molar-refractivity contribution >= 4 is 17.7 Å². The van der Waals surface area contributed by atoms with Crippen LogP contribution in [-0.4, -0.2) is 24.2 Å². The zero-order valence-corrected chi connectivity index (χ0v) is 10.7. The Labute approximate surface area is 110 Å². The number of carbonyl (C=O) groups excluding carboxylic acids is 1. The van der Waals surface area contributed by atoms with Crippen LogP contribution < -0.4 is 21.7 Å². The van der Waals surface area contributed by atoms with Gasteiger partial charge in [-0.15, -0.1) is 11.8 Å². The topological polar surface area (TPSA) is 65.2 Å². The van der Waals surface area contributed by atoms with Crippen LogP contribution in [0, 0.1) is 0 Å². The third-order valence-electron chi connectivity index (χ3n) is 3.23. The molecule has 1 aromatic rings. The van der Waals surface area contributed by atoms with E-state index in [-0.39, 0.29) is 18.0 Å². The lowest BCUT2D eigenvalue weighted by molar-refractivity contribution is -0.123. The molecule has 5 nitrogen and oxygen atoms in total. The maximum absolute atomic E-state index is 12.1. The molecule has 0 radical (unpaired) electrons. The number of nitrogens with one attached hydrogen (secondary N) is 4. The van der Waals surface area contributed by atoms with E-state index >= 15 is 0 Å². The van der Waals surface area contributed by atoms with Crippen molar-refractivity contribution in [2.24, 2.45) is 0 Å². The van der Waals surface area contributed by atoms with Crippen LogP contribution in [0.4, 0.5) is 0 Å². The summed E-state index contributed by atoms with van der Waals surface area (Å²) in [5.74, 6) is 1.09. The first-order chi connectivity index (χ1) is 8.84. The number of thioether (sulfide) groups is 1. The normalized spacial score (nSPS) is 26.7. The van der Waals surface area contributed by atoms with Gasteiger partial charge in [-0.2, -0.15) is 5.53 Å². The fraction of sp³-hybridized carbons (Fsp3) is 0.417. The molecule has 3 rings (SSSR count). The molecule has 0 spiro atoms. The molecule has 0 aromatic heterocycles. The first kappa shape index (κ1) is 12.0. The minimum Gasteiger partial charge on any atom is -0.348 e. The Bertz CT molecular complexity index is 447. The second-order valence-electron chi connectivity index (χ2n) is 4.44. The Morgan fingerprint density at radius 2 is 2.28 bits per heavy atom. The lowest BCUT2D eigenvalue weighted by atomic mass is 10.0. The van der Waals surface area contributed by atoms with E-state index < -0.39 is 0 Å². The standard InChI is InChI=1S/C12H16N4OS/c17-12(10-7-13-16-15-10)14-9-5-6-18-11-4-2-1-3-8(9)11/h1-4,9-10,13,15-16H,5-7H2,(H,14,17). The van der Waals surface area contributed by atoms with Gasteiger partial charge in [-0.25, -0.2) is 10.9 Å². The van der Waals surface area contributed by atoms with Gasteiger partial charge in [-0.05, 0) is 18.1 Å². The van der Waals surface area contributed by atoms with E-state index in [9.17, 15) is 4.79 Å². The van der Waals surface area contributed by atoms with Crippen LogP contribution in [0.1, 0.15) is 18.0 Å². The monoisotopic (exact) mass is 264 g/mol. The summed E-state index contributed by atoms with van der Waals surface area (Å²) in [6, 6.07) is 8.23. The first-order valence-corrected chi connectivity index (χ1v) is 7.08. The van der Waals surface area contributed by atoms with Crippen molar-refractivity contribution in [1.29, 1.82) is 0 Å². The van der Waals surface area contributed by atoms with Crippen LogP contribution in [0.3, 0.4) is 0 Å². The predicted octanol–water partition coefficient (Wildman–Crippen LogP) is 0.321. The number of benzene rings is 1. The minimum absolute atomic E-state index is 0.0409. The van der Waals surface area contributed by atoms with Crippen LogP contribution in [0.25, 0.3) is 0 Å². The Morgan fingerprint density at radius 3 is 3.11 bits per heavy atom. The van der Waals surface area contributed by atoms with Crippen molar-refractivity contribution in [3.63, 3.8) is 0 Å². The SMILES string of the molecule is O=C(NC1CCSc2ccccc21)C1CNNN1. The highest BCUT2D eigenvalue weighted by Crippen LogP contribution is 2.35. The van der Waals surface area contributed by atoms with Crippen LogP contribution in [0.15, 0.2) is 29.2 Å². The molecule has 0 bridgehead atoms. The van der Waals surface area contributed by atoms with Gasteiger partial charge >= 0.3 is 0 Å². The number of rotatable bonds is 2. The molecule has 6 heteroatoms. The number of hydrazine groups is 2. The van der Waals surface area contributed by atoms with E-state index in [1.165, 1.54) is 10.5 Å². The van der Waals surface area contributed by atoms with E-state index in [4.69, 9.17) is 0 Å². The highest BCUT2D eigenvalue weighted by molar-refractivity contribution is 7.99. The molecule has 0 saturated carbocycles. The molecular formula is C12H16N4OS. The van der Waals surface area contributed by atoms with E-state index in [1.54, 1.807) is 0 Å². The Morgan fingerprint density at radius 1 is 1.39 bits per heavy atom. The summed E-state index contributed by atoms with van der Waals surface area (Å²) in [5, 5.41) is 3.12. The summed E-state index contributed by atoms with van der Waals surface area (Å²) in [5.41, 5.74) is 9.76. The molecule has 1 amide bonds. The molecule has 0 aliphatic carbocycles. The fourth-order valence-corrected chi connectivity index (χ4v) is 3.39. The van der Waals surface area contributed by atoms with Crippen molar-refractivity contribution in [2.45, 2.75) is 23.4 Å². The van der Waals surface area contributed by atoms with Crippen molar-refractivity contribution in [3.8, 4) is 0 Å². The molecule has 18 heavy (non-hydrogen) atoms. The maximum atomic E-state index is 12.1. The van der Waals surface area contributed by atoms with Gasteiger partial charge in [0.05, 0.1) is 6.04 Å². The summed E-state index contributed by atoms with van der Waals surface area (Å²) in [6.45, 7) is 0.606. The summed E-state index contributed by atoms with van der Waals surface area (Å²) >= 11 is 1.86.